The highest BCUT2D eigenvalue weighted by Gasteiger charge is 2.50. The van der Waals surface area contributed by atoms with Crippen LogP contribution < -0.4 is 40.2 Å². The lowest BCUT2D eigenvalue weighted by Gasteiger charge is -2.41. The molecule has 0 radical (unpaired) electrons. The van der Waals surface area contributed by atoms with E-state index in [4.69, 9.17) is 28.7 Å². The van der Waals surface area contributed by atoms with E-state index in [0.29, 0.717) is 63.9 Å². The van der Waals surface area contributed by atoms with E-state index in [1.807, 2.05) is 18.2 Å². The maximum atomic E-state index is 14.5. The number of thiophene rings is 1. The molecule has 16 nitrogen and oxygen atoms in total. The number of likely N-dealkylation sites (tertiary alicyclic amines) is 1. The second-order valence-electron chi connectivity index (χ2n) is 16.1. The van der Waals surface area contributed by atoms with Crippen LogP contribution in [-0.4, -0.2) is 89.5 Å². The molecule has 7 rings (SSSR count). The number of hydrogen-bond acceptors (Lipinski definition) is 12. The SMILES string of the molecule is COc1ccc2c(O[C@@H]3C[C@@H](C(=O)NC4(C(=O)NC(=O)Nc5cccs5)CCC4)N(C(=O)[C@@H](NC(=O)OC(C)(C)C)C(C)C)C3)cc(-c3ccc4c(c3)OCO4)nc2c1. The number of carbonyl (C=O) groups is 5. The lowest BCUT2D eigenvalue weighted by molar-refractivity contribution is -0.144. The first-order chi connectivity index (χ1) is 28.1. The van der Waals surface area contributed by atoms with Gasteiger partial charge in [0.1, 0.15) is 40.8 Å². The van der Waals surface area contributed by atoms with Gasteiger partial charge in [-0.05, 0) is 93.8 Å². The first-order valence-corrected chi connectivity index (χ1v) is 20.3. The zero-order chi connectivity index (χ0) is 42.1. The third-order valence-corrected chi connectivity index (χ3v) is 11.2. The van der Waals surface area contributed by atoms with Crippen LogP contribution in [0.5, 0.6) is 23.0 Å². The number of hydrogen-bond donors (Lipinski definition) is 4. The molecule has 1 saturated heterocycles. The van der Waals surface area contributed by atoms with Crippen molar-refractivity contribution in [3.63, 3.8) is 0 Å². The number of ether oxygens (including phenoxy) is 5. The Hall–Kier alpha value is -6.10. The lowest BCUT2D eigenvalue weighted by Crippen LogP contribution is -2.66. The van der Waals surface area contributed by atoms with Crippen molar-refractivity contribution in [2.45, 2.75) is 89.6 Å². The number of benzene rings is 2. The Labute approximate surface area is 345 Å². The maximum Gasteiger partial charge on any atom is 0.408 e. The molecule has 4 heterocycles. The van der Waals surface area contributed by atoms with Crippen molar-refractivity contribution in [3.05, 3.63) is 60.0 Å². The number of pyridine rings is 1. The fourth-order valence-corrected chi connectivity index (χ4v) is 7.87. The van der Waals surface area contributed by atoms with Crippen molar-refractivity contribution in [3.8, 4) is 34.3 Å². The molecule has 3 atom stereocenters. The van der Waals surface area contributed by atoms with Crippen molar-refractivity contribution in [2.24, 2.45) is 5.92 Å². The minimum Gasteiger partial charge on any atom is -0.497 e. The zero-order valence-corrected chi connectivity index (χ0v) is 34.5. The minimum atomic E-state index is -1.37. The highest BCUT2D eigenvalue weighted by atomic mass is 32.1. The zero-order valence-electron chi connectivity index (χ0n) is 33.7. The number of amides is 6. The Morgan fingerprint density at radius 1 is 1.00 bits per heavy atom. The number of imide groups is 1. The number of carbonyl (C=O) groups excluding carboxylic acids is 5. The largest absolute Gasteiger partial charge is 0.497 e. The molecule has 312 valence electrons. The summed E-state index contributed by atoms with van der Waals surface area (Å²) in [5, 5.41) is 13.6. The van der Waals surface area contributed by atoms with E-state index >= 15 is 0 Å². The van der Waals surface area contributed by atoms with Crippen LogP contribution in [-0.2, 0) is 19.1 Å². The number of alkyl carbamates (subject to hydrolysis) is 1. The summed E-state index contributed by atoms with van der Waals surface area (Å²) in [5.74, 6) is 0.0661. The van der Waals surface area contributed by atoms with Gasteiger partial charge >= 0.3 is 12.1 Å². The summed E-state index contributed by atoms with van der Waals surface area (Å²) in [6.45, 7) is 8.80. The average Bonchev–Trinajstić information content (AvgIpc) is 3.95. The summed E-state index contributed by atoms with van der Waals surface area (Å²) >= 11 is 1.30. The molecule has 17 heteroatoms. The first-order valence-electron chi connectivity index (χ1n) is 19.4. The van der Waals surface area contributed by atoms with Gasteiger partial charge in [0.05, 0.1) is 29.9 Å². The quantitative estimate of drug-likeness (QED) is 0.139. The lowest BCUT2D eigenvalue weighted by atomic mass is 9.75. The number of urea groups is 1. The van der Waals surface area contributed by atoms with E-state index in [2.05, 4.69) is 21.3 Å². The highest BCUT2D eigenvalue weighted by Crippen LogP contribution is 2.39. The van der Waals surface area contributed by atoms with Gasteiger partial charge < -0.3 is 39.2 Å². The predicted octanol–water partition coefficient (Wildman–Crippen LogP) is 5.99. The Morgan fingerprint density at radius 3 is 2.46 bits per heavy atom. The molecular weight excluding hydrogens is 781 g/mol. The fourth-order valence-electron chi connectivity index (χ4n) is 7.26. The van der Waals surface area contributed by atoms with Crippen LogP contribution in [0.4, 0.5) is 14.6 Å². The Balaban J connectivity index is 1.18. The standard InChI is InChI=1S/C42H48N6O10S/c1-23(2)35(45-40(53)58-41(3,4)5)37(50)48-21-26(19-30(48)36(49)47-42(14-8-15-42)38(51)46-39(52)44-34-9-7-16-59-34)57-32-20-28(24-10-13-31-33(17-24)56-22-55-31)43-29-18-25(54-6)11-12-27(29)32/h7,9-13,16-18,20,23,26,30,35H,8,14-15,19,21-22H2,1-6H3,(H,45,53)(H,47,49)(H2,44,46,51,52)/t26-,30+,35+/m1/s1. The van der Waals surface area contributed by atoms with Gasteiger partial charge in [-0.1, -0.05) is 13.8 Å². The number of rotatable bonds is 11. The summed E-state index contributed by atoms with van der Waals surface area (Å²) in [5.41, 5.74) is -0.299. The van der Waals surface area contributed by atoms with Crippen LogP contribution in [0, 0.1) is 5.92 Å². The molecule has 2 aromatic carbocycles. The van der Waals surface area contributed by atoms with Gasteiger partial charge in [0, 0.05) is 29.5 Å². The van der Waals surface area contributed by atoms with E-state index in [1.54, 1.807) is 83.5 Å². The molecule has 0 unspecified atom stereocenters. The number of fused-ring (bicyclic) bond motifs is 2. The predicted molar refractivity (Wildman–Crippen MR) is 219 cm³/mol. The van der Waals surface area contributed by atoms with Gasteiger partial charge in [0.2, 0.25) is 18.6 Å². The fraction of sp³-hybridized carbons (Fsp3) is 0.429. The molecule has 59 heavy (non-hydrogen) atoms. The van der Waals surface area contributed by atoms with E-state index in [1.165, 1.54) is 16.2 Å². The second-order valence-corrected chi connectivity index (χ2v) is 17.1. The van der Waals surface area contributed by atoms with Gasteiger partial charge in [-0.25, -0.2) is 14.6 Å². The third-order valence-electron chi connectivity index (χ3n) is 10.4. The molecule has 2 fully saturated rings. The Bertz CT molecular complexity index is 2250. The molecule has 1 saturated carbocycles. The van der Waals surface area contributed by atoms with Gasteiger partial charge in [-0.2, -0.15) is 0 Å². The maximum absolute atomic E-state index is 14.5. The van der Waals surface area contributed by atoms with Crippen LogP contribution >= 0.6 is 11.3 Å². The van der Waals surface area contributed by atoms with Crippen molar-refractivity contribution in [2.75, 3.05) is 25.8 Å². The Kier molecular flexibility index (Phi) is 11.6. The molecule has 0 bridgehead atoms. The molecule has 3 aliphatic rings. The number of nitrogens with zero attached hydrogens (tertiary/aromatic N) is 2. The Morgan fingerprint density at radius 2 is 1.78 bits per heavy atom. The van der Waals surface area contributed by atoms with Crippen LogP contribution in [0.3, 0.4) is 0 Å². The number of nitrogens with one attached hydrogen (secondary N) is 4. The van der Waals surface area contributed by atoms with E-state index in [9.17, 15) is 24.0 Å². The molecule has 4 aromatic rings. The van der Waals surface area contributed by atoms with Crippen LogP contribution in [0.2, 0.25) is 0 Å². The number of anilines is 1. The second kappa shape index (κ2) is 16.6. The van der Waals surface area contributed by atoms with E-state index in [-0.39, 0.29) is 19.8 Å². The topological polar surface area (TPSA) is 196 Å². The number of aromatic nitrogens is 1. The van der Waals surface area contributed by atoms with Crippen LogP contribution in [0.1, 0.15) is 60.3 Å². The molecular formula is C42H48N6O10S. The molecule has 6 amide bonds. The monoisotopic (exact) mass is 828 g/mol. The summed E-state index contributed by atoms with van der Waals surface area (Å²) in [7, 11) is 1.56. The van der Waals surface area contributed by atoms with E-state index < -0.39 is 65.1 Å². The molecule has 2 aliphatic heterocycles. The normalized spacial score (nSPS) is 18.4. The van der Waals surface area contributed by atoms with Crippen molar-refractivity contribution in [1.29, 1.82) is 0 Å². The first kappa shape index (κ1) is 41.1. The molecule has 2 aromatic heterocycles. The van der Waals surface area contributed by atoms with E-state index in [0.717, 1.165) is 5.56 Å². The summed E-state index contributed by atoms with van der Waals surface area (Å²) in [6, 6.07) is 13.3. The molecule has 1 aliphatic carbocycles. The van der Waals surface area contributed by atoms with Crippen LogP contribution in [0.25, 0.3) is 22.2 Å². The third kappa shape index (κ3) is 9.14. The molecule has 0 spiro atoms. The summed E-state index contributed by atoms with van der Waals surface area (Å²) < 4.78 is 28.8. The minimum absolute atomic E-state index is 0.0299. The van der Waals surface area contributed by atoms with Crippen LogP contribution in [0.15, 0.2) is 60.0 Å². The average molecular weight is 829 g/mol. The summed E-state index contributed by atoms with van der Waals surface area (Å²) in [4.78, 5) is 74.6. The van der Waals surface area contributed by atoms with Gasteiger partial charge in [-0.15, -0.1) is 11.3 Å². The van der Waals surface area contributed by atoms with Crippen molar-refractivity contribution >= 4 is 57.1 Å². The molecule has 4 N–H and O–H groups in total. The van der Waals surface area contributed by atoms with Crippen molar-refractivity contribution in [1.82, 2.24) is 25.8 Å². The van der Waals surface area contributed by atoms with Crippen molar-refractivity contribution < 1.29 is 47.7 Å². The number of methoxy groups -OCH3 is 1. The van der Waals surface area contributed by atoms with Gasteiger partial charge in [-0.3, -0.25) is 25.0 Å². The summed E-state index contributed by atoms with van der Waals surface area (Å²) in [6.07, 6.45) is -0.226. The van der Waals surface area contributed by atoms with Gasteiger partial charge in [0.25, 0.3) is 5.91 Å². The highest BCUT2D eigenvalue weighted by molar-refractivity contribution is 7.14. The van der Waals surface area contributed by atoms with Gasteiger partial charge in [0.15, 0.2) is 11.5 Å². The smallest absolute Gasteiger partial charge is 0.408 e.